The summed E-state index contributed by atoms with van der Waals surface area (Å²) < 4.78 is 16.6. The molecule has 0 saturated carbocycles. The predicted molar refractivity (Wildman–Crippen MR) is 90.3 cm³/mol. The Hall–Kier alpha value is -2.05. The van der Waals surface area contributed by atoms with Gasteiger partial charge in [-0.2, -0.15) is 0 Å². The highest BCUT2D eigenvalue weighted by Gasteiger charge is 2.21. The second kappa shape index (κ2) is 7.23. The van der Waals surface area contributed by atoms with Crippen LogP contribution in [-0.2, 0) is 6.54 Å². The quantitative estimate of drug-likeness (QED) is 0.908. The van der Waals surface area contributed by atoms with Crippen LogP contribution in [0, 0.1) is 6.92 Å². The maximum atomic E-state index is 9.82. The molecule has 1 fully saturated rings. The van der Waals surface area contributed by atoms with Crippen LogP contribution in [-0.4, -0.2) is 48.4 Å². The minimum Gasteiger partial charge on any atom is -0.497 e. The highest BCUT2D eigenvalue weighted by Crippen LogP contribution is 2.34. The van der Waals surface area contributed by atoms with Crippen LogP contribution in [0.3, 0.4) is 0 Å². The van der Waals surface area contributed by atoms with E-state index in [2.05, 4.69) is 9.88 Å². The number of aliphatic hydroxyl groups is 1. The van der Waals surface area contributed by atoms with E-state index in [0.29, 0.717) is 24.7 Å². The summed E-state index contributed by atoms with van der Waals surface area (Å²) >= 11 is 0. The molecule has 1 atom stereocenters. The zero-order valence-electron chi connectivity index (χ0n) is 14.4. The molecule has 1 aliphatic heterocycles. The summed E-state index contributed by atoms with van der Waals surface area (Å²) in [6.07, 6.45) is 1.64. The number of hydrogen-bond donors (Lipinski definition) is 1. The van der Waals surface area contributed by atoms with Crippen molar-refractivity contribution < 1.29 is 19.0 Å². The van der Waals surface area contributed by atoms with Crippen molar-refractivity contribution in [2.24, 2.45) is 0 Å². The summed E-state index contributed by atoms with van der Waals surface area (Å²) in [6, 6.07) is 5.54. The standard InChI is InChI=1S/C18H24N2O4/c1-12-16(11-20-8-4-5-13(21)10-20)19-18(24-12)15-9-14(22-2)6-7-17(15)23-3/h6-7,9,13,21H,4-5,8,10-11H2,1-3H3/t13-/m1/s1. The van der Waals surface area contributed by atoms with Gasteiger partial charge in [-0.15, -0.1) is 0 Å². The molecule has 1 N–H and O–H groups in total. The van der Waals surface area contributed by atoms with Crippen molar-refractivity contribution in [3.8, 4) is 23.0 Å². The van der Waals surface area contributed by atoms with Gasteiger partial charge in [-0.3, -0.25) is 4.90 Å². The first-order valence-corrected chi connectivity index (χ1v) is 8.20. The Bertz CT molecular complexity index is 698. The lowest BCUT2D eigenvalue weighted by Crippen LogP contribution is -2.37. The minimum absolute atomic E-state index is 0.246. The number of hydrogen-bond acceptors (Lipinski definition) is 6. The minimum atomic E-state index is -0.246. The predicted octanol–water partition coefficient (Wildman–Crippen LogP) is 2.62. The number of ether oxygens (including phenoxy) is 2. The van der Waals surface area contributed by atoms with Crippen LogP contribution in [0.4, 0.5) is 0 Å². The number of nitrogens with zero attached hydrogens (tertiary/aromatic N) is 2. The van der Waals surface area contributed by atoms with E-state index in [1.165, 1.54) is 0 Å². The molecule has 0 amide bonds. The normalized spacial score (nSPS) is 18.6. The van der Waals surface area contributed by atoms with Gasteiger partial charge in [0.05, 0.1) is 31.6 Å². The van der Waals surface area contributed by atoms with Crippen LogP contribution in [0.2, 0.25) is 0 Å². The smallest absolute Gasteiger partial charge is 0.230 e. The molecule has 0 spiro atoms. The number of aryl methyl sites for hydroxylation is 1. The van der Waals surface area contributed by atoms with Crippen molar-refractivity contribution in [2.75, 3.05) is 27.3 Å². The first-order chi connectivity index (χ1) is 11.6. The molecule has 1 aromatic carbocycles. The van der Waals surface area contributed by atoms with Gasteiger partial charge in [-0.05, 0) is 44.5 Å². The summed E-state index contributed by atoms with van der Waals surface area (Å²) in [5.41, 5.74) is 1.66. The number of benzene rings is 1. The Balaban J connectivity index is 1.86. The Labute approximate surface area is 142 Å². The van der Waals surface area contributed by atoms with E-state index in [0.717, 1.165) is 42.2 Å². The molecule has 3 rings (SSSR count). The average molecular weight is 332 g/mol. The lowest BCUT2D eigenvalue weighted by Gasteiger charge is -2.29. The SMILES string of the molecule is COc1ccc(OC)c(-c2nc(CN3CCC[C@@H](O)C3)c(C)o2)c1. The van der Waals surface area contributed by atoms with Crippen LogP contribution in [0.25, 0.3) is 11.5 Å². The maximum absolute atomic E-state index is 9.82. The molecule has 0 unspecified atom stereocenters. The molecule has 2 heterocycles. The summed E-state index contributed by atoms with van der Waals surface area (Å²) in [7, 11) is 3.25. The number of oxazole rings is 1. The van der Waals surface area contributed by atoms with Crippen molar-refractivity contribution in [1.29, 1.82) is 0 Å². The van der Waals surface area contributed by atoms with Gasteiger partial charge in [0.1, 0.15) is 17.3 Å². The molecule has 6 heteroatoms. The van der Waals surface area contributed by atoms with Crippen molar-refractivity contribution in [3.05, 3.63) is 29.7 Å². The monoisotopic (exact) mass is 332 g/mol. The van der Waals surface area contributed by atoms with Gasteiger partial charge in [-0.25, -0.2) is 4.98 Å². The van der Waals surface area contributed by atoms with E-state index in [1.807, 2.05) is 25.1 Å². The summed E-state index contributed by atoms with van der Waals surface area (Å²) in [5.74, 6) is 2.73. The number of aromatic nitrogens is 1. The molecular weight excluding hydrogens is 308 g/mol. The summed E-state index contributed by atoms with van der Waals surface area (Å²) in [6.45, 7) is 4.25. The molecule has 0 radical (unpaired) electrons. The Morgan fingerprint density at radius 1 is 1.33 bits per heavy atom. The largest absolute Gasteiger partial charge is 0.497 e. The Kier molecular flexibility index (Phi) is 5.06. The third-order valence-electron chi connectivity index (χ3n) is 4.38. The molecule has 0 aliphatic carbocycles. The summed E-state index contributed by atoms with van der Waals surface area (Å²) in [5, 5.41) is 9.82. The fourth-order valence-electron chi connectivity index (χ4n) is 3.06. The van der Waals surface area contributed by atoms with E-state index in [1.54, 1.807) is 14.2 Å². The van der Waals surface area contributed by atoms with Gasteiger partial charge in [0, 0.05) is 13.1 Å². The van der Waals surface area contributed by atoms with Crippen LogP contribution >= 0.6 is 0 Å². The van der Waals surface area contributed by atoms with Crippen LogP contribution in [0.5, 0.6) is 11.5 Å². The Morgan fingerprint density at radius 2 is 2.17 bits per heavy atom. The maximum Gasteiger partial charge on any atom is 0.230 e. The van der Waals surface area contributed by atoms with Gasteiger partial charge in [0.2, 0.25) is 5.89 Å². The van der Waals surface area contributed by atoms with Gasteiger partial charge in [0.15, 0.2) is 0 Å². The van der Waals surface area contributed by atoms with Crippen molar-refractivity contribution >= 4 is 0 Å². The lowest BCUT2D eigenvalue weighted by atomic mass is 10.1. The fraction of sp³-hybridized carbons (Fsp3) is 0.500. The fourth-order valence-corrected chi connectivity index (χ4v) is 3.06. The summed E-state index contributed by atoms with van der Waals surface area (Å²) in [4.78, 5) is 6.87. The van der Waals surface area contributed by atoms with Gasteiger partial charge in [-0.1, -0.05) is 0 Å². The van der Waals surface area contributed by atoms with Crippen molar-refractivity contribution in [2.45, 2.75) is 32.4 Å². The number of rotatable bonds is 5. The van der Waals surface area contributed by atoms with E-state index < -0.39 is 0 Å². The second-order valence-electron chi connectivity index (χ2n) is 6.12. The molecule has 1 aliphatic rings. The molecular formula is C18H24N2O4. The zero-order chi connectivity index (χ0) is 17.1. The number of β-amino-alcohol motifs (C(OH)–C–C–N with tert-alkyl or cyclic N) is 1. The van der Waals surface area contributed by atoms with Gasteiger partial charge < -0.3 is 19.0 Å². The van der Waals surface area contributed by atoms with E-state index in [9.17, 15) is 5.11 Å². The van der Waals surface area contributed by atoms with E-state index in [-0.39, 0.29) is 6.10 Å². The molecule has 24 heavy (non-hydrogen) atoms. The third-order valence-corrected chi connectivity index (χ3v) is 4.38. The van der Waals surface area contributed by atoms with Crippen molar-refractivity contribution in [3.63, 3.8) is 0 Å². The molecule has 1 aromatic heterocycles. The number of aliphatic hydroxyl groups excluding tert-OH is 1. The first-order valence-electron chi connectivity index (χ1n) is 8.20. The van der Waals surface area contributed by atoms with Crippen molar-refractivity contribution in [1.82, 2.24) is 9.88 Å². The molecule has 0 bridgehead atoms. The van der Waals surface area contributed by atoms with E-state index in [4.69, 9.17) is 13.9 Å². The van der Waals surface area contributed by atoms with Gasteiger partial charge >= 0.3 is 0 Å². The van der Waals surface area contributed by atoms with Crippen LogP contribution in [0.15, 0.2) is 22.6 Å². The topological polar surface area (TPSA) is 68.0 Å². The molecule has 1 saturated heterocycles. The third kappa shape index (κ3) is 3.55. The first kappa shape index (κ1) is 16.8. The van der Waals surface area contributed by atoms with E-state index >= 15 is 0 Å². The number of methoxy groups -OCH3 is 2. The molecule has 130 valence electrons. The number of piperidine rings is 1. The molecule has 2 aromatic rings. The highest BCUT2D eigenvalue weighted by atomic mass is 16.5. The van der Waals surface area contributed by atoms with Gasteiger partial charge in [0.25, 0.3) is 0 Å². The Morgan fingerprint density at radius 3 is 2.88 bits per heavy atom. The highest BCUT2D eigenvalue weighted by molar-refractivity contribution is 5.65. The zero-order valence-corrected chi connectivity index (χ0v) is 14.4. The lowest BCUT2D eigenvalue weighted by molar-refractivity contribution is 0.0660. The van der Waals surface area contributed by atoms with Crippen LogP contribution in [0.1, 0.15) is 24.3 Å². The average Bonchev–Trinajstić information content (AvgIpc) is 2.95. The molecule has 6 nitrogen and oxygen atoms in total. The van der Waals surface area contributed by atoms with Crippen LogP contribution < -0.4 is 9.47 Å². The second-order valence-corrected chi connectivity index (χ2v) is 6.12. The number of likely N-dealkylation sites (tertiary alicyclic amines) is 1.